The standard InChI is InChI=1S/C11H16ClN3O2S/c1-7-6-18-10(9(7)12)11(16)14-5-3-2-4-8(13)15-17/h6,17H,2-5H2,1H3,(H2,13,15)(H,14,16). The number of hydrogen-bond acceptors (Lipinski definition) is 4. The lowest BCUT2D eigenvalue weighted by molar-refractivity contribution is 0.0957. The van der Waals surface area contributed by atoms with Crippen molar-refractivity contribution in [3.63, 3.8) is 0 Å². The molecule has 0 radical (unpaired) electrons. The smallest absolute Gasteiger partial charge is 0.262 e. The van der Waals surface area contributed by atoms with Crippen molar-refractivity contribution in [2.24, 2.45) is 10.9 Å². The average Bonchev–Trinajstić information content (AvgIpc) is 2.69. The lowest BCUT2D eigenvalue weighted by Gasteiger charge is -2.04. The Morgan fingerprint density at radius 2 is 2.33 bits per heavy atom. The Morgan fingerprint density at radius 1 is 1.61 bits per heavy atom. The molecule has 100 valence electrons. The summed E-state index contributed by atoms with van der Waals surface area (Å²) >= 11 is 7.33. The molecule has 18 heavy (non-hydrogen) atoms. The minimum absolute atomic E-state index is 0.151. The maximum Gasteiger partial charge on any atom is 0.262 e. The van der Waals surface area contributed by atoms with Gasteiger partial charge in [-0.2, -0.15) is 0 Å². The molecule has 0 fully saturated rings. The Kier molecular flexibility index (Phi) is 5.94. The van der Waals surface area contributed by atoms with Crippen LogP contribution in [0.15, 0.2) is 10.5 Å². The van der Waals surface area contributed by atoms with Gasteiger partial charge in [-0.3, -0.25) is 4.79 Å². The van der Waals surface area contributed by atoms with E-state index in [0.717, 1.165) is 18.4 Å². The van der Waals surface area contributed by atoms with Crippen LogP contribution in [0, 0.1) is 6.92 Å². The molecule has 0 saturated carbocycles. The van der Waals surface area contributed by atoms with Gasteiger partial charge in [-0.15, -0.1) is 11.3 Å². The maximum absolute atomic E-state index is 11.8. The summed E-state index contributed by atoms with van der Waals surface area (Å²) < 4.78 is 0. The van der Waals surface area contributed by atoms with Gasteiger partial charge in [0, 0.05) is 13.0 Å². The number of aryl methyl sites for hydroxylation is 1. The lowest BCUT2D eigenvalue weighted by Crippen LogP contribution is -2.24. The normalized spacial score (nSPS) is 11.6. The van der Waals surface area contributed by atoms with Crippen LogP contribution in [0.5, 0.6) is 0 Å². The third-order valence-electron chi connectivity index (χ3n) is 2.38. The summed E-state index contributed by atoms with van der Waals surface area (Å²) in [6.45, 7) is 2.41. The number of nitrogens with zero attached hydrogens (tertiary/aromatic N) is 1. The quantitative estimate of drug-likeness (QED) is 0.247. The van der Waals surface area contributed by atoms with E-state index in [-0.39, 0.29) is 11.7 Å². The fraction of sp³-hybridized carbons (Fsp3) is 0.455. The summed E-state index contributed by atoms with van der Waals surface area (Å²) in [6.07, 6.45) is 2.04. The van der Waals surface area contributed by atoms with Gasteiger partial charge in [0.1, 0.15) is 10.7 Å². The van der Waals surface area contributed by atoms with Crippen LogP contribution in [0.25, 0.3) is 0 Å². The number of rotatable bonds is 6. The summed E-state index contributed by atoms with van der Waals surface area (Å²) in [5, 5.41) is 16.4. The Balaban J connectivity index is 2.28. The van der Waals surface area contributed by atoms with Gasteiger partial charge in [0.05, 0.1) is 5.02 Å². The molecule has 0 saturated heterocycles. The summed E-state index contributed by atoms with van der Waals surface area (Å²) in [6, 6.07) is 0. The molecular weight excluding hydrogens is 274 g/mol. The third-order valence-corrected chi connectivity index (χ3v) is 4.07. The molecule has 1 amide bonds. The van der Waals surface area contributed by atoms with Crippen molar-refractivity contribution in [2.75, 3.05) is 6.54 Å². The molecule has 0 atom stereocenters. The molecular formula is C11H16ClN3O2S. The van der Waals surface area contributed by atoms with Gasteiger partial charge in [-0.25, -0.2) is 0 Å². The lowest BCUT2D eigenvalue weighted by atomic mass is 10.2. The molecule has 1 aromatic heterocycles. The Labute approximate surface area is 115 Å². The molecule has 5 nitrogen and oxygen atoms in total. The summed E-state index contributed by atoms with van der Waals surface area (Å²) in [4.78, 5) is 12.3. The van der Waals surface area contributed by atoms with Gasteiger partial charge < -0.3 is 16.3 Å². The summed E-state index contributed by atoms with van der Waals surface area (Å²) in [5.41, 5.74) is 6.24. The number of thiophene rings is 1. The van der Waals surface area contributed by atoms with Crippen molar-refractivity contribution in [1.82, 2.24) is 5.32 Å². The van der Waals surface area contributed by atoms with Gasteiger partial charge in [0.25, 0.3) is 5.91 Å². The fourth-order valence-electron chi connectivity index (χ4n) is 1.35. The topological polar surface area (TPSA) is 87.7 Å². The van der Waals surface area contributed by atoms with Crippen LogP contribution in [0.1, 0.15) is 34.5 Å². The number of carbonyl (C=O) groups is 1. The van der Waals surface area contributed by atoms with E-state index in [0.29, 0.717) is 22.9 Å². The van der Waals surface area contributed by atoms with E-state index < -0.39 is 0 Å². The molecule has 0 bridgehead atoms. The van der Waals surface area contributed by atoms with Crippen LogP contribution in [0.4, 0.5) is 0 Å². The highest BCUT2D eigenvalue weighted by Crippen LogP contribution is 2.26. The van der Waals surface area contributed by atoms with Crippen molar-refractivity contribution >= 4 is 34.7 Å². The minimum atomic E-state index is -0.151. The number of hydrogen-bond donors (Lipinski definition) is 3. The number of amidine groups is 1. The van der Waals surface area contributed by atoms with Crippen molar-refractivity contribution in [1.29, 1.82) is 0 Å². The predicted molar refractivity (Wildman–Crippen MR) is 73.7 cm³/mol. The van der Waals surface area contributed by atoms with Crippen LogP contribution in [-0.4, -0.2) is 23.5 Å². The molecule has 0 unspecified atom stereocenters. The van der Waals surface area contributed by atoms with E-state index in [1.165, 1.54) is 11.3 Å². The Bertz CT molecular complexity index is 445. The van der Waals surface area contributed by atoms with E-state index in [9.17, 15) is 4.79 Å². The zero-order chi connectivity index (χ0) is 13.5. The molecule has 1 aromatic rings. The van der Waals surface area contributed by atoms with Gasteiger partial charge in [-0.05, 0) is 30.7 Å². The zero-order valence-corrected chi connectivity index (χ0v) is 11.6. The van der Waals surface area contributed by atoms with E-state index >= 15 is 0 Å². The Morgan fingerprint density at radius 3 is 2.89 bits per heavy atom. The highest BCUT2D eigenvalue weighted by atomic mass is 35.5. The monoisotopic (exact) mass is 289 g/mol. The molecule has 1 rings (SSSR count). The van der Waals surface area contributed by atoms with Crippen molar-refractivity contribution in [3.05, 3.63) is 20.8 Å². The maximum atomic E-state index is 11.8. The number of oxime groups is 1. The number of unbranched alkanes of at least 4 members (excludes halogenated alkanes) is 1. The van der Waals surface area contributed by atoms with Crippen LogP contribution in [0.3, 0.4) is 0 Å². The fourth-order valence-corrected chi connectivity index (χ4v) is 2.54. The van der Waals surface area contributed by atoms with Gasteiger partial charge in [-0.1, -0.05) is 16.8 Å². The first kappa shape index (κ1) is 14.8. The van der Waals surface area contributed by atoms with Gasteiger partial charge in [0.2, 0.25) is 0 Å². The second kappa shape index (κ2) is 7.23. The van der Waals surface area contributed by atoms with E-state index in [2.05, 4.69) is 10.5 Å². The second-order valence-corrected chi connectivity index (χ2v) is 5.12. The molecule has 4 N–H and O–H groups in total. The molecule has 0 aliphatic heterocycles. The molecule has 0 spiro atoms. The highest BCUT2D eigenvalue weighted by molar-refractivity contribution is 7.13. The first-order valence-corrected chi connectivity index (χ1v) is 6.80. The van der Waals surface area contributed by atoms with Crippen LogP contribution >= 0.6 is 22.9 Å². The van der Waals surface area contributed by atoms with E-state index in [1.54, 1.807) is 0 Å². The third kappa shape index (κ3) is 4.19. The summed E-state index contributed by atoms with van der Waals surface area (Å²) in [7, 11) is 0. The number of nitrogens with one attached hydrogen (secondary N) is 1. The number of carbonyl (C=O) groups excluding carboxylic acids is 1. The molecule has 1 heterocycles. The van der Waals surface area contributed by atoms with Crippen molar-refractivity contribution in [3.8, 4) is 0 Å². The van der Waals surface area contributed by atoms with Crippen molar-refractivity contribution < 1.29 is 10.0 Å². The molecule has 0 aliphatic rings. The van der Waals surface area contributed by atoms with Crippen LogP contribution in [0.2, 0.25) is 5.02 Å². The predicted octanol–water partition coefficient (Wildman–Crippen LogP) is 2.36. The van der Waals surface area contributed by atoms with Crippen LogP contribution in [-0.2, 0) is 0 Å². The Hall–Kier alpha value is -1.27. The minimum Gasteiger partial charge on any atom is -0.409 e. The molecule has 0 aromatic carbocycles. The number of halogens is 1. The SMILES string of the molecule is Cc1csc(C(=O)NCCCCC(N)=NO)c1Cl. The summed E-state index contributed by atoms with van der Waals surface area (Å²) in [5.74, 6) is 0.0557. The highest BCUT2D eigenvalue weighted by Gasteiger charge is 2.13. The van der Waals surface area contributed by atoms with E-state index in [1.807, 2.05) is 12.3 Å². The van der Waals surface area contributed by atoms with Gasteiger partial charge in [0.15, 0.2) is 0 Å². The largest absolute Gasteiger partial charge is 0.409 e. The zero-order valence-electron chi connectivity index (χ0n) is 10.1. The number of amides is 1. The molecule has 0 aliphatic carbocycles. The second-order valence-electron chi connectivity index (χ2n) is 3.87. The van der Waals surface area contributed by atoms with Crippen molar-refractivity contribution in [2.45, 2.75) is 26.2 Å². The van der Waals surface area contributed by atoms with E-state index in [4.69, 9.17) is 22.5 Å². The first-order chi connectivity index (χ1) is 8.56. The van der Waals surface area contributed by atoms with Gasteiger partial charge >= 0.3 is 0 Å². The first-order valence-electron chi connectivity index (χ1n) is 5.54. The molecule has 7 heteroatoms. The number of nitrogens with two attached hydrogens (primary N) is 1. The average molecular weight is 290 g/mol. The van der Waals surface area contributed by atoms with Crippen LogP contribution < -0.4 is 11.1 Å².